The highest BCUT2D eigenvalue weighted by molar-refractivity contribution is 5.66. The number of rotatable bonds is 4. The highest BCUT2D eigenvalue weighted by Crippen LogP contribution is 2.68. The molecule has 4 fully saturated rings. The van der Waals surface area contributed by atoms with Crippen molar-refractivity contribution in [2.75, 3.05) is 0 Å². The smallest absolute Gasteiger partial charge is 0.303 e. The molecule has 4 aliphatic carbocycles. The van der Waals surface area contributed by atoms with Crippen LogP contribution in [0.15, 0.2) is 0 Å². The Morgan fingerprint density at radius 2 is 1.76 bits per heavy atom. The summed E-state index contributed by atoms with van der Waals surface area (Å²) in [6.45, 7) is 6.72. The van der Waals surface area contributed by atoms with E-state index in [0.29, 0.717) is 30.1 Å². The fourth-order valence-electron chi connectivity index (χ4n) is 8.68. The minimum absolute atomic E-state index is 0.0957. The maximum atomic E-state index is 11.5. The maximum Gasteiger partial charge on any atom is 0.303 e. The first kappa shape index (κ1) is 21.6. The van der Waals surface area contributed by atoms with Crippen LogP contribution in [0.2, 0.25) is 0 Å². The normalized spacial score (nSPS) is 52.9. The van der Waals surface area contributed by atoms with Gasteiger partial charge in [0, 0.05) is 6.42 Å². The number of fused-ring (bicyclic) bond motifs is 5. The van der Waals surface area contributed by atoms with Crippen molar-refractivity contribution in [3.8, 4) is 0 Å². The van der Waals surface area contributed by atoms with Gasteiger partial charge >= 0.3 is 5.97 Å². The Kier molecular flexibility index (Phi) is 5.57. The number of aliphatic carboxylic acids is 1. The number of aliphatic hydroxyl groups excluding tert-OH is 3. The molecule has 0 aliphatic heterocycles. The van der Waals surface area contributed by atoms with Crippen molar-refractivity contribution in [3.63, 3.8) is 0 Å². The Morgan fingerprint density at radius 3 is 2.45 bits per heavy atom. The van der Waals surface area contributed by atoms with E-state index in [9.17, 15) is 20.1 Å². The fraction of sp³-hybridized carbons (Fsp3) is 0.958. The Labute approximate surface area is 174 Å². The number of hydrogen-bond donors (Lipinski definition) is 4. The van der Waals surface area contributed by atoms with Crippen molar-refractivity contribution in [2.45, 2.75) is 96.9 Å². The Hall–Kier alpha value is -0.650. The predicted molar refractivity (Wildman–Crippen MR) is 110 cm³/mol. The van der Waals surface area contributed by atoms with Crippen LogP contribution in [0, 0.1) is 46.3 Å². The van der Waals surface area contributed by atoms with E-state index in [1.807, 2.05) is 0 Å². The third kappa shape index (κ3) is 3.27. The van der Waals surface area contributed by atoms with E-state index < -0.39 is 12.1 Å². The SMILES string of the molecule is C[C@H](CCC(=O)O)[C@H]1CC[C@H]2C3[C@H](O)C[C@@H]4C[C@H](O)CC[C@]4(C)[C@H]3C[C@H](O)C12C. The second kappa shape index (κ2) is 7.49. The van der Waals surface area contributed by atoms with Crippen molar-refractivity contribution in [2.24, 2.45) is 46.3 Å². The first-order valence-electron chi connectivity index (χ1n) is 11.8. The number of carboxylic acids is 1. The molecule has 5 heteroatoms. The predicted octanol–water partition coefficient (Wildman–Crippen LogP) is 3.45. The topological polar surface area (TPSA) is 98.0 Å². The summed E-state index contributed by atoms with van der Waals surface area (Å²) < 4.78 is 0. The lowest BCUT2D eigenvalue weighted by Gasteiger charge is -2.63. The van der Waals surface area contributed by atoms with E-state index in [1.165, 1.54) is 0 Å². The zero-order chi connectivity index (χ0) is 21.1. The molecule has 166 valence electrons. The molecule has 0 aromatic heterocycles. The molecule has 0 radical (unpaired) electrons. The largest absolute Gasteiger partial charge is 0.481 e. The molecule has 4 rings (SSSR count). The average Bonchev–Trinajstić information content (AvgIpc) is 3.01. The summed E-state index contributed by atoms with van der Waals surface area (Å²) in [5.41, 5.74) is -0.143. The van der Waals surface area contributed by atoms with Crippen LogP contribution in [0.1, 0.15) is 78.6 Å². The summed E-state index contributed by atoms with van der Waals surface area (Å²) in [6.07, 6.45) is 6.00. The zero-order valence-electron chi connectivity index (χ0n) is 18.3. The molecule has 5 nitrogen and oxygen atoms in total. The second-order valence-corrected chi connectivity index (χ2v) is 11.4. The second-order valence-electron chi connectivity index (χ2n) is 11.4. The third-order valence-corrected chi connectivity index (χ3v) is 10.3. The van der Waals surface area contributed by atoms with E-state index in [0.717, 1.165) is 44.9 Å². The van der Waals surface area contributed by atoms with E-state index in [1.54, 1.807) is 0 Å². The standard InChI is InChI=1S/C24H40O5/c1-13(4-7-21(28)29)16-5-6-17-22-18(12-20(27)24(16,17)3)23(2)9-8-15(25)10-14(23)11-19(22)26/h13-20,22,25-27H,4-12H2,1-3H3,(H,28,29)/t13-,14+,15-,16-,17+,18+,19-,20+,22?,23+,24?/m1/s1. The number of aliphatic hydroxyl groups is 3. The molecule has 2 unspecified atom stereocenters. The lowest BCUT2D eigenvalue weighted by molar-refractivity contribution is -0.207. The molecule has 0 aromatic rings. The Balaban J connectivity index is 1.61. The third-order valence-electron chi connectivity index (χ3n) is 10.3. The molecule has 0 aromatic carbocycles. The molecular weight excluding hydrogens is 368 g/mol. The van der Waals surface area contributed by atoms with Gasteiger partial charge < -0.3 is 20.4 Å². The van der Waals surface area contributed by atoms with Gasteiger partial charge in [0.25, 0.3) is 0 Å². The van der Waals surface area contributed by atoms with Gasteiger partial charge in [-0.2, -0.15) is 0 Å². The molecule has 29 heavy (non-hydrogen) atoms. The van der Waals surface area contributed by atoms with Crippen molar-refractivity contribution in [3.05, 3.63) is 0 Å². The Morgan fingerprint density at radius 1 is 1.03 bits per heavy atom. The summed E-state index contributed by atoms with van der Waals surface area (Å²) in [5, 5.41) is 42.0. The van der Waals surface area contributed by atoms with Gasteiger partial charge in [-0.3, -0.25) is 4.79 Å². The van der Waals surface area contributed by atoms with Gasteiger partial charge in [0.1, 0.15) is 0 Å². The maximum absolute atomic E-state index is 11.5. The highest BCUT2D eigenvalue weighted by Gasteiger charge is 2.65. The van der Waals surface area contributed by atoms with Gasteiger partial charge in [-0.15, -0.1) is 0 Å². The van der Waals surface area contributed by atoms with Gasteiger partial charge in [0.05, 0.1) is 18.3 Å². The van der Waals surface area contributed by atoms with Crippen molar-refractivity contribution < 1.29 is 25.2 Å². The average molecular weight is 409 g/mol. The number of carbonyl (C=O) groups is 1. The van der Waals surface area contributed by atoms with Crippen LogP contribution in [0.3, 0.4) is 0 Å². The Bertz CT molecular complexity index is 637. The van der Waals surface area contributed by atoms with Crippen molar-refractivity contribution >= 4 is 5.97 Å². The fourth-order valence-corrected chi connectivity index (χ4v) is 8.68. The zero-order valence-corrected chi connectivity index (χ0v) is 18.3. The van der Waals surface area contributed by atoms with Crippen molar-refractivity contribution in [1.29, 1.82) is 0 Å². The van der Waals surface area contributed by atoms with Gasteiger partial charge in [-0.25, -0.2) is 0 Å². The molecule has 0 bridgehead atoms. The number of carboxylic acid groups (broad SMARTS) is 1. The minimum Gasteiger partial charge on any atom is -0.481 e. The first-order chi connectivity index (χ1) is 13.6. The lowest BCUT2D eigenvalue weighted by Crippen LogP contribution is -2.62. The van der Waals surface area contributed by atoms with E-state index in [2.05, 4.69) is 20.8 Å². The lowest BCUT2D eigenvalue weighted by atomic mass is 9.43. The molecule has 0 amide bonds. The summed E-state index contributed by atoms with van der Waals surface area (Å²) in [5.74, 6) is 0.997. The van der Waals surface area contributed by atoms with E-state index in [-0.39, 0.29) is 41.3 Å². The summed E-state index contributed by atoms with van der Waals surface area (Å²) in [7, 11) is 0. The van der Waals surface area contributed by atoms with Crippen LogP contribution in [-0.4, -0.2) is 44.7 Å². The van der Waals surface area contributed by atoms with Gasteiger partial charge in [0.15, 0.2) is 0 Å². The molecular formula is C24H40O5. The molecule has 4 aliphatic rings. The van der Waals surface area contributed by atoms with Crippen molar-refractivity contribution in [1.82, 2.24) is 0 Å². The van der Waals surface area contributed by atoms with Crippen LogP contribution in [-0.2, 0) is 4.79 Å². The van der Waals surface area contributed by atoms with Crippen LogP contribution in [0.25, 0.3) is 0 Å². The van der Waals surface area contributed by atoms with Crippen LogP contribution in [0.4, 0.5) is 0 Å². The van der Waals surface area contributed by atoms with Crippen LogP contribution < -0.4 is 0 Å². The van der Waals surface area contributed by atoms with E-state index in [4.69, 9.17) is 5.11 Å². The quantitative estimate of drug-likeness (QED) is 0.571. The van der Waals surface area contributed by atoms with Gasteiger partial charge in [-0.1, -0.05) is 20.8 Å². The molecule has 4 N–H and O–H groups in total. The van der Waals surface area contributed by atoms with Crippen LogP contribution in [0.5, 0.6) is 0 Å². The number of hydrogen-bond acceptors (Lipinski definition) is 4. The molecule has 0 saturated heterocycles. The minimum atomic E-state index is -0.748. The summed E-state index contributed by atoms with van der Waals surface area (Å²) >= 11 is 0. The molecule has 0 heterocycles. The van der Waals surface area contributed by atoms with Gasteiger partial charge in [0.2, 0.25) is 0 Å². The summed E-state index contributed by atoms with van der Waals surface area (Å²) in [6, 6.07) is 0. The van der Waals surface area contributed by atoms with E-state index >= 15 is 0 Å². The summed E-state index contributed by atoms with van der Waals surface area (Å²) in [4.78, 5) is 11.1. The molecule has 4 saturated carbocycles. The molecule has 11 atom stereocenters. The van der Waals surface area contributed by atoms with Crippen LogP contribution >= 0.6 is 0 Å². The monoisotopic (exact) mass is 408 g/mol. The highest BCUT2D eigenvalue weighted by atomic mass is 16.4. The molecule has 0 spiro atoms. The van der Waals surface area contributed by atoms with Gasteiger partial charge in [-0.05, 0) is 97.7 Å². The first-order valence-corrected chi connectivity index (χ1v) is 11.8.